The number of amides is 1. The number of anilines is 1. The third kappa shape index (κ3) is 3.47. The van der Waals surface area contributed by atoms with Crippen molar-refractivity contribution >= 4 is 55.4 Å². The Morgan fingerprint density at radius 1 is 1.00 bits per heavy atom. The number of carbonyl (C=O) groups excluding carboxylic acids is 1. The van der Waals surface area contributed by atoms with Crippen LogP contribution in [0.3, 0.4) is 0 Å². The average Bonchev–Trinajstić information content (AvgIpc) is 3.24. The van der Waals surface area contributed by atoms with Crippen LogP contribution in [0.2, 0.25) is 10.0 Å². The number of aliphatic hydroxyl groups is 1. The van der Waals surface area contributed by atoms with Crippen molar-refractivity contribution in [2.24, 2.45) is 0 Å². The van der Waals surface area contributed by atoms with E-state index in [4.69, 9.17) is 23.2 Å². The molecule has 0 saturated heterocycles. The van der Waals surface area contributed by atoms with Crippen molar-refractivity contribution < 1.29 is 18.3 Å². The SMILES string of the molecule is Cc1nnc(N2C(=O)C(O)=C(S(=O)(=O)c3ccc(Cl)cc3)[C@H]2c2ccc(Cl)cc2)s1. The standard InChI is InChI=1S/C19H13Cl2N3O4S2/c1-10-22-23-19(29-10)24-15(11-2-4-12(20)5-3-11)17(16(25)18(24)26)30(27,28)14-8-6-13(21)7-9-14/h2-9,15,25H,1H3/t15-/m1/s1. The molecular formula is C19H13Cl2N3O4S2. The van der Waals surface area contributed by atoms with Gasteiger partial charge < -0.3 is 5.11 Å². The molecule has 11 heteroatoms. The number of aliphatic hydroxyl groups excluding tert-OH is 1. The van der Waals surface area contributed by atoms with E-state index in [0.717, 1.165) is 16.2 Å². The van der Waals surface area contributed by atoms with Crippen molar-refractivity contribution in [2.75, 3.05) is 4.90 Å². The van der Waals surface area contributed by atoms with Crippen LogP contribution in [0, 0.1) is 6.92 Å². The molecule has 1 amide bonds. The normalized spacial score (nSPS) is 17.1. The van der Waals surface area contributed by atoms with E-state index in [9.17, 15) is 18.3 Å². The highest BCUT2D eigenvalue weighted by molar-refractivity contribution is 7.95. The Balaban J connectivity index is 1.93. The van der Waals surface area contributed by atoms with Gasteiger partial charge in [-0.1, -0.05) is 46.7 Å². The molecular weight excluding hydrogens is 469 g/mol. The first kappa shape index (κ1) is 20.8. The average molecular weight is 482 g/mol. The summed E-state index contributed by atoms with van der Waals surface area (Å²) < 4.78 is 26.9. The molecule has 0 radical (unpaired) electrons. The quantitative estimate of drug-likeness (QED) is 0.589. The molecule has 154 valence electrons. The zero-order chi connectivity index (χ0) is 21.6. The van der Waals surface area contributed by atoms with Gasteiger partial charge in [-0.05, 0) is 48.9 Å². The zero-order valence-corrected chi connectivity index (χ0v) is 18.4. The number of benzene rings is 2. The summed E-state index contributed by atoms with van der Waals surface area (Å²) in [6.45, 7) is 1.71. The Morgan fingerprint density at radius 3 is 2.10 bits per heavy atom. The van der Waals surface area contributed by atoms with Gasteiger partial charge in [-0.15, -0.1) is 10.2 Å². The number of rotatable bonds is 4. The van der Waals surface area contributed by atoms with Gasteiger partial charge in [0.25, 0.3) is 5.91 Å². The highest BCUT2D eigenvalue weighted by Crippen LogP contribution is 2.45. The molecule has 30 heavy (non-hydrogen) atoms. The number of sulfone groups is 1. The van der Waals surface area contributed by atoms with Gasteiger partial charge in [0.2, 0.25) is 15.0 Å². The molecule has 3 aromatic rings. The van der Waals surface area contributed by atoms with Crippen LogP contribution in [-0.4, -0.2) is 29.6 Å². The van der Waals surface area contributed by atoms with Crippen molar-refractivity contribution in [3.63, 3.8) is 0 Å². The van der Waals surface area contributed by atoms with E-state index in [1.54, 1.807) is 31.2 Å². The fourth-order valence-electron chi connectivity index (χ4n) is 3.12. The van der Waals surface area contributed by atoms with Gasteiger partial charge in [0.15, 0.2) is 5.76 Å². The molecule has 1 aliphatic rings. The summed E-state index contributed by atoms with van der Waals surface area (Å²) in [5.41, 5.74) is 0.442. The molecule has 0 spiro atoms. The van der Waals surface area contributed by atoms with E-state index >= 15 is 0 Å². The molecule has 0 unspecified atom stereocenters. The molecule has 0 saturated carbocycles. The van der Waals surface area contributed by atoms with Crippen LogP contribution in [0.1, 0.15) is 16.6 Å². The van der Waals surface area contributed by atoms with Gasteiger partial charge in [0, 0.05) is 10.0 Å². The summed E-state index contributed by atoms with van der Waals surface area (Å²) >= 11 is 13.0. The van der Waals surface area contributed by atoms with Crippen LogP contribution < -0.4 is 4.90 Å². The van der Waals surface area contributed by atoms with Crippen molar-refractivity contribution in [1.82, 2.24) is 10.2 Å². The Kier molecular flexibility index (Phi) is 5.31. The van der Waals surface area contributed by atoms with Crippen molar-refractivity contribution in [3.8, 4) is 0 Å². The number of hydrogen-bond donors (Lipinski definition) is 1. The van der Waals surface area contributed by atoms with Crippen LogP contribution in [0.15, 0.2) is 64.1 Å². The van der Waals surface area contributed by atoms with E-state index in [1.165, 1.54) is 24.3 Å². The van der Waals surface area contributed by atoms with E-state index < -0.39 is 32.5 Å². The third-order valence-electron chi connectivity index (χ3n) is 4.48. The second-order valence-corrected chi connectivity index (χ2v) is 10.4. The maximum absolute atomic E-state index is 13.4. The molecule has 7 nitrogen and oxygen atoms in total. The van der Waals surface area contributed by atoms with Gasteiger partial charge in [0.1, 0.15) is 16.0 Å². The van der Waals surface area contributed by atoms with Crippen LogP contribution >= 0.6 is 34.5 Å². The van der Waals surface area contributed by atoms with Crippen molar-refractivity contribution in [3.05, 3.63) is 79.8 Å². The van der Waals surface area contributed by atoms with E-state index in [0.29, 0.717) is 20.6 Å². The van der Waals surface area contributed by atoms with E-state index in [1.807, 2.05) is 0 Å². The predicted octanol–water partition coefficient (Wildman–Crippen LogP) is 4.48. The van der Waals surface area contributed by atoms with Crippen LogP contribution in [0.5, 0.6) is 0 Å². The second-order valence-electron chi connectivity index (χ2n) is 6.40. The smallest absolute Gasteiger partial charge is 0.296 e. The third-order valence-corrected chi connectivity index (χ3v) is 7.71. The first-order chi connectivity index (χ1) is 14.2. The Morgan fingerprint density at radius 2 is 1.57 bits per heavy atom. The van der Waals surface area contributed by atoms with Crippen LogP contribution in [0.4, 0.5) is 5.13 Å². The number of carbonyl (C=O) groups is 1. The lowest BCUT2D eigenvalue weighted by Gasteiger charge is -2.24. The van der Waals surface area contributed by atoms with Crippen LogP contribution in [-0.2, 0) is 14.6 Å². The summed E-state index contributed by atoms with van der Waals surface area (Å²) in [6.07, 6.45) is 0. The second kappa shape index (κ2) is 7.66. The first-order valence-corrected chi connectivity index (χ1v) is 11.6. The number of aryl methyl sites for hydroxylation is 1. The number of hydrogen-bond acceptors (Lipinski definition) is 7. The summed E-state index contributed by atoms with van der Waals surface area (Å²) in [5.74, 6) is -1.74. The zero-order valence-electron chi connectivity index (χ0n) is 15.3. The lowest BCUT2D eigenvalue weighted by molar-refractivity contribution is -0.117. The molecule has 1 N–H and O–H groups in total. The Bertz CT molecular complexity index is 1270. The summed E-state index contributed by atoms with van der Waals surface area (Å²) in [5, 5.41) is 20.1. The lowest BCUT2D eigenvalue weighted by atomic mass is 10.1. The number of nitrogens with zero attached hydrogens (tertiary/aromatic N) is 3. The minimum absolute atomic E-state index is 0.101. The lowest BCUT2D eigenvalue weighted by Crippen LogP contribution is -2.31. The maximum Gasteiger partial charge on any atom is 0.296 e. The fourth-order valence-corrected chi connectivity index (χ4v) is 5.72. The number of halogens is 2. The molecule has 2 heterocycles. The molecule has 1 aliphatic heterocycles. The van der Waals surface area contributed by atoms with Gasteiger partial charge in [-0.2, -0.15) is 0 Å². The topological polar surface area (TPSA) is 100 Å². The Hall–Kier alpha value is -2.46. The summed E-state index contributed by atoms with van der Waals surface area (Å²) in [4.78, 5) is 13.5. The molecule has 2 aromatic carbocycles. The molecule has 0 bridgehead atoms. The van der Waals surface area contributed by atoms with Crippen molar-refractivity contribution in [2.45, 2.75) is 17.9 Å². The minimum atomic E-state index is -4.25. The molecule has 1 aromatic heterocycles. The van der Waals surface area contributed by atoms with Gasteiger partial charge in [-0.25, -0.2) is 8.42 Å². The summed E-state index contributed by atoms with van der Waals surface area (Å²) in [7, 11) is -4.25. The number of aromatic nitrogens is 2. The highest BCUT2D eigenvalue weighted by atomic mass is 35.5. The van der Waals surface area contributed by atoms with Crippen molar-refractivity contribution in [1.29, 1.82) is 0 Å². The minimum Gasteiger partial charge on any atom is -0.502 e. The Labute approximate surface area is 186 Å². The molecule has 4 rings (SSSR count). The van der Waals surface area contributed by atoms with E-state index in [-0.39, 0.29) is 10.0 Å². The van der Waals surface area contributed by atoms with Gasteiger partial charge >= 0.3 is 0 Å². The molecule has 0 fully saturated rings. The largest absolute Gasteiger partial charge is 0.502 e. The molecule has 0 aliphatic carbocycles. The van der Waals surface area contributed by atoms with E-state index in [2.05, 4.69) is 10.2 Å². The highest BCUT2D eigenvalue weighted by Gasteiger charge is 2.48. The predicted molar refractivity (Wildman–Crippen MR) is 115 cm³/mol. The molecule has 1 atom stereocenters. The first-order valence-electron chi connectivity index (χ1n) is 8.53. The summed E-state index contributed by atoms with van der Waals surface area (Å²) in [6, 6.07) is 10.7. The maximum atomic E-state index is 13.4. The van der Waals surface area contributed by atoms with Gasteiger partial charge in [0.05, 0.1) is 4.90 Å². The fraction of sp³-hybridized carbons (Fsp3) is 0.105. The van der Waals surface area contributed by atoms with Gasteiger partial charge in [-0.3, -0.25) is 9.69 Å². The van der Waals surface area contributed by atoms with Crippen LogP contribution in [0.25, 0.3) is 0 Å². The monoisotopic (exact) mass is 481 g/mol.